The first kappa shape index (κ1) is 17.2. The lowest BCUT2D eigenvalue weighted by Gasteiger charge is -2.28. The van der Waals surface area contributed by atoms with Crippen LogP contribution in [-0.2, 0) is 9.59 Å². The van der Waals surface area contributed by atoms with Crippen LogP contribution in [0, 0.1) is 5.92 Å². The van der Waals surface area contributed by atoms with Crippen molar-refractivity contribution < 1.29 is 14.4 Å². The molecule has 0 fully saturated rings. The molecule has 0 saturated carbocycles. The molecule has 0 spiro atoms. The molecule has 1 aromatic rings. The van der Waals surface area contributed by atoms with Crippen molar-refractivity contribution >= 4 is 40.0 Å². The minimum atomic E-state index is -0.502. The Balaban J connectivity index is 1.40. The highest BCUT2D eigenvalue weighted by molar-refractivity contribution is 7.13. The zero-order valence-electron chi connectivity index (χ0n) is 13.6. The van der Waals surface area contributed by atoms with Gasteiger partial charge in [-0.3, -0.25) is 14.5 Å². The van der Waals surface area contributed by atoms with Gasteiger partial charge < -0.3 is 5.32 Å². The molecule has 2 heterocycles. The summed E-state index contributed by atoms with van der Waals surface area (Å²) in [6.07, 6.45) is 11.1. The molecular weight excluding hydrogens is 340 g/mol. The molecule has 0 bridgehead atoms. The van der Waals surface area contributed by atoms with Crippen LogP contribution >= 0.6 is 11.3 Å². The van der Waals surface area contributed by atoms with Crippen molar-refractivity contribution in [3.05, 3.63) is 35.9 Å². The molecule has 1 atom stereocenters. The van der Waals surface area contributed by atoms with Crippen LogP contribution in [0.15, 0.2) is 40.9 Å². The molecule has 4 amide bonds. The number of rotatable bonds is 7. The number of hydrogen-bond donors (Lipinski definition) is 1. The minimum absolute atomic E-state index is 0.0755. The number of amides is 4. The number of hydrogen-bond acceptors (Lipinski definition) is 5. The molecule has 7 nitrogen and oxygen atoms in total. The van der Waals surface area contributed by atoms with Gasteiger partial charge in [-0.05, 0) is 18.9 Å². The van der Waals surface area contributed by atoms with Crippen molar-refractivity contribution in [2.75, 3.05) is 11.9 Å². The maximum Gasteiger partial charge on any atom is 0.350 e. The maximum atomic E-state index is 12.4. The van der Waals surface area contributed by atoms with Gasteiger partial charge in [-0.2, -0.15) is 4.99 Å². The monoisotopic (exact) mass is 358 g/mol. The Hall–Kier alpha value is -2.61. The van der Waals surface area contributed by atoms with Gasteiger partial charge in [0.15, 0.2) is 5.13 Å². The Kier molecular flexibility index (Phi) is 5.49. The molecule has 1 aromatic heterocycles. The summed E-state index contributed by atoms with van der Waals surface area (Å²) in [6, 6.07) is -0.502. The smallest absolute Gasteiger partial charge is 0.302 e. The van der Waals surface area contributed by atoms with Gasteiger partial charge >= 0.3 is 6.03 Å². The average Bonchev–Trinajstić information content (AvgIpc) is 3.10. The summed E-state index contributed by atoms with van der Waals surface area (Å²) in [5.74, 6) is -0.752. The van der Waals surface area contributed by atoms with Crippen LogP contribution in [0.5, 0.6) is 0 Å². The number of aliphatic imine (C=N–C) groups is 1. The molecular formula is C17H18N4O3S. The molecule has 3 rings (SSSR count). The molecule has 1 aliphatic heterocycles. The molecule has 0 aromatic carbocycles. The van der Waals surface area contributed by atoms with Crippen LogP contribution in [0.1, 0.15) is 25.7 Å². The summed E-state index contributed by atoms with van der Waals surface area (Å²) in [4.78, 5) is 45.3. The number of nitrogens with zero attached hydrogens (tertiary/aromatic N) is 3. The lowest BCUT2D eigenvalue weighted by molar-refractivity contribution is -0.129. The SMILES string of the molecule is O=C(CCCCCN1C(=O)N=C2C=CC=CC2C1=O)Nc1nccs1. The first-order chi connectivity index (χ1) is 12.1. The van der Waals surface area contributed by atoms with Crippen LogP contribution in [0.3, 0.4) is 0 Å². The first-order valence-electron chi connectivity index (χ1n) is 8.13. The largest absolute Gasteiger partial charge is 0.350 e. The zero-order valence-corrected chi connectivity index (χ0v) is 14.4. The van der Waals surface area contributed by atoms with E-state index in [-0.39, 0.29) is 11.8 Å². The Bertz CT molecular complexity index is 752. The van der Waals surface area contributed by atoms with Crippen molar-refractivity contribution in [1.82, 2.24) is 9.88 Å². The van der Waals surface area contributed by atoms with E-state index in [4.69, 9.17) is 0 Å². The fraction of sp³-hybridized carbons (Fsp3) is 0.353. The molecule has 0 saturated heterocycles. The third kappa shape index (κ3) is 4.27. The molecule has 8 heteroatoms. The Labute approximate surface area is 149 Å². The number of fused-ring (bicyclic) bond motifs is 1. The fourth-order valence-corrected chi connectivity index (χ4v) is 3.23. The highest BCUT2D eigenvalue weighted by Crippen LogP contribution is 2.20. The van der Waals surface area contributed by atoms with Crippen molar-refractivity contribution in [2.45, 2.75) is 25.7 Å². The van der Waals surface area contributed by atoms with Gasteiger partial charge in [0, 0.05) is 24.5 Å². The van der Waals surface area contributed by atoms with E-state index in [0.717, 1.165) is 6.42 Å². The lowest BCUT2D eigenvalue weighted by atomic mass is 9.95. The standard InChI is InChI=1S/C17H18N4O3S/c22-14(20-16-18-9-11-25-16)8-2-1-5-10-21-15(23)12-6-3-4-7-13(12)19-17(21)24/h3-4,6-7,9,11-12H,1-2,5,8,10H2,(H,18,20,22). The van der Waals surface area contributed by atoms with E-state index >= 15 is 0 Å². The van der Waals surface area contributed by atoms with Gasteiger partial charge in [0.1, 0.15) is 0 Å². The van der Waals surface area contributed by atoms with E-state index in [1.165, 1.54) is 16.2 Å². The predicted octanol–water partition coefficient (Wildman–Crippen LogP) is 2.79. The Morgan fingerprint density at radius 2 is 2.12 bits per heavy atom. The molecule has 130 valence electrons. The number of carbonyl (C=O) groups is 3. The van der Waals surface area contributed by atoms with Crippen LogP contribution < -0.4 is 5.32 Å². The van der Waals surface area contributed by atoms with E-state index in [1.807, 2.05) is 0 Å². The molecule has 1 N–H and O–H groups in total. The number of allylic oxidation sites excluding steroid dienone is 3. The van der Waals surface area contributed by atoms with Gasteiger partial charge in [0.05, 0.1) is 11.6 Å². The molecule has 1 unspecified atom stereocenters. The van der Waals surface area contributed by atoms with Crippen LogP contribution in [0.25, 0.3) is 0 Å². The third-order valence-electron chi connectivity index (χ3n) is 3.95. The first-order valence-corrected chi connectivity index (χ1v) is 9.01. The summed E-state index contributed by atoms with van der Waals surface area (Å²) in [5.41, 5.74) is 0.507. The number of nitrogens with one attached hydrogen (secondary N) is 1. The second kappa shape index (κ2) is 7.98. The molecule has 2 aliphatic rings. The minimum Gasteiger partial charge on any atom is -0.302 e. The van der Waals surface area contributed by atoms with Gasteiger partial charge in [0.2, 0.25) is 11.8 Å². The highest BCUT2D eigenvalue weighted by Gasteiger charge is 2.35. The number of aromatic nitrogens is 1. The van der Waals surface area contributed by atoms with E-state index < -0.39 is 11.9 Å². The summed E-state index contributed by atoms with van der Waals surface area (Å²) in [6.45, 7) is 0.330. The van der Waals surface area contributed by atoms with E-state index in [2.05, 4.69) is 15.3 Å². The van der Waals surface area contributed by atoms with Gasteiger partial charge in [-0.15, -0.1) is 11.3 Å². The van der Waals surface area contributed by atoms with Crippen molar-refractivity contribution in [3.8, 4) is 0 Å². The molecule has 0 radical (unpaired) electrons. The van der Waals surface area contributed by atoms with Crippen LogP contribution in [0.4, 0.5) is 9.93 Å². The maximum absolute atomic E-state index is 12.4. The third-order valence-corrected chi connectivity index (χ3v) is 4.64. The van der Waals surface area contributed by atoms with Crippen LogP contribution in [0.2, 0.25) is 0 Å². The molecule has 1 aliphatic carbocycles. The Morgan fingerprint density at radius 3 is 2.92 bits per heavy atom. The second-order valence-electron chi connectivity index (χ2n) is 5.73. The second-order valence-corrected chi connectivity index (χ2v) is 6.62. The zero-order chi connectivity index (χ0) is 17.6. The normalized spacial score (nSPS) is 19.0. The van der Waals surface area contributed by atoms with Gasteiger partial charge in [0.25, 0.3) is 0 Å². The molecule has 25 heavy (non-hydrogen) atoms. The number of imide groups is 1. The van der Waals surface area contributed by atoms with E-state index in [1.54, 1.807) is 35.9 Å². The number of unbranched alkanes of at least 4 members (excludes halogenated alkanes) is 2. The summed E-state index contributed by atoms with van der Waals surface area (Å²) >= 11 is 1.38. The van der Waals surface area contributed by atoms with E-state index in [0.29, 0.717) is 36.7 Å². The number of carbonyl (C=O) groups excluding carboxylic acids is 3. The summed E-state index contributed by atoms with van der Waals surface area (Å²) < 4.78 is 0. The number of urea groups is 1. The van der Waals surface area contributed by atoms with Gasteiger partial charge in [-0.25, -0.2) is 9.78 Å². The van der Waals surface area contributed by atoms with Crippen molar-refractivity contribution in [3.63, 3.8) is 0 Å². The van der Waals surface area contributed by atoms with Crippen LogP contribution in [-0.4, -0.2) is 40.0 Å². The average molecular weight is 358 g/mol. The number of anilines is 1. The Morgan fingerprint density at radius 1 is 1.24 bits per heavy atom. The van der Waals surface area contributed by atoms with E-state index in [9.17, 15) is 14.4 Å². The summed E-state index contributed by atoms with van der Waals surface area (Å²) in [5, 5.41) is 5.12. The quantitative estimate of drug-likeness (QED) is 0.759. The fourth-order valence-electron chi connectivity index (χ4n) is 2.69. The summed E-state index contributed by atoms with van der Waals surface area (Å²) in [7, 11) is 0. The predicted molar refractivity (Wildman–Crippen MR) is 95.5 cm³/mol. The van der Waals surface area contributed by atoms with Crippen molar-refractivity contribution in [1.29, 1.82) is 0 Å². The topological polar surface area (TPSA) is 91.7 Å². The number of thiazole rings is 1. The lowest BCUT2D eigenvalue weighted by Crippen LogP contribution is -2.46. The van der Waals surface area contributed by atoms with Crippen molar-refractivity contribution in [2.24, 2.45) is 10.9 Å². The van der Waals surface area contributed by atoms with Gasteiger partial charge in [-0.1, -0.05) is 24.6 Å². The highest BCUT2D eigenvalue weighted by atomic mass is 32.1.